The lowest BCUT2D eigenvalue weighted by Crippen LogP contribution is -2.40. The number of aromatic nitrogens is 6. The highest BCUT2D eigenvalue weighted by atomic mass is 16.4. The molecule has 3 aliphatic carbocycles. The fraction of sp³-hybridized carbons (Fsp3) is 0.183. The maximum atomic E-state index is 12.9. The zero-order valence-electron chi connectivity index (χ0n) is 60.1. The first kappa shape index (κ1) is 74.6. The number of nitrogens with one attached hydrogen (secondary N) is 3. The topological polar surface area (TPSA) is 412 Å². The number of nitrogens with zero attached hydrogens (tertiary/aromatic N) is 6. The summed E-state index contributed by atoms with van der Waals surface area (Å²) in [5.41, 5.74) is 5.00. The first-order valence-corrected chi connectivity index (χ1v) is 34.0. The summed E-state index contributed by atoms with van der Waals surface area (Å²) in [6, 6.07) is 39.5. The van der Waals surface area contributed by atoms with E-state index in [1.54, 1.807) is 82.3 Å². The van der Waals surface area contributed by atoms with Gasteiger partial charge in [0.2, 0.25) is 0 Å². The lowest BCUT2D eigenvalue weighted by atomic mass is 9.89. The summed E-state index contributed by atoms with van der Waals surface area (Å²) in [5.74, 6) is -4.31. The van der Waals surface area contributed by atoms with Crippen LogP contribution >= 0.6 is 0 Å². The van der Waals surface area contributed by atoms with Gasteiger partial charge >= 0.3 is 17.9 Å². The molecule has 6 aliphatic rings. The van der Waals surface area contributed by atoms with Gasteiger partial charge in [-0.15, -0.1) is 10.2 Å². The number of carbonyl (C=O) groups excluding carboxylic acids is 3. The van der Waals surface area contributed by atoms with Crippen LogP contribution in [0.5, 0.6) is 17.2 Å². The number of phenols is 3. The average Bonchev–Trinajstić information content (AvgIpc) is 1.20. The normalized spacial score (nSPS) is 11.6. The highest BCUT2D eigenvalue weighted by Gasteiger charge is 2.29. The van der Waals surface area contributed by atoms with Crippen molar-refractivity contribution in [1.29, 1.82) is 0 Å². The van der Waals surface area contributed by atoms with Crippen LogP contribution in [0.25, 0.3) is 100 Å². The van der Waals surface area contributed by atoms with Crippen molar-refractivity contribution in [3.05, 3.63) is 252 Å². The van der Waals surface area contributed by atoms with Crippen LogP contribution in [-0.4, -0.2) is 108 Å². The summed E-state index contributed by atoms with van der Waals surface area (Å²) >= 11 is 0. The molecular weight excluding hydrogens is 1400 g/mol. The summed E-state index contributed by atoms with van der Waals surface area (Å²) in [4.78, 5) is 111. The number of phenolic OH excluding ortho intramolecular Hbond substituents is 3. The molecule has 27 nitrogen and oxygen atoms in total. The first-order valence-electron chi connectivity index (χ1n) is 34.0. The Morgan fingerprint density at radius 3 is 1.15 bits per heavy atom. The molecule has 109 heavy (non-hydrogen) atoms. The first-order chi connectivity index (χ1) is 51.5. The number of carboxylic acid groups (broad SMARTS) is 3. The van der Waals surface area contributed by atoms with Gasteiger partial charge in [-0.1, -0.05) is 49.4 Å². The molecule has 0 unspecified atom stereocenters. The van der Waals surface area contributed by atoms with Crippen molar-refractivity contribution in [1.82, 2.24) is 45.9 Å². The fourth-order valence-corrected chi connectivity index (χ4v) is 12.2. The monoisotopic (exact) mass is 1470 g/mol. The predicted octanol–water partition coefficient (Wildman–Crippen LogP) is 13.0. The van der Waals surface area contributed by atoms with Gasteiger partial charge in [-0.2, -0.15) is 0 Å². The second-order valence-corrected chi connectivity index (χ2v) is 28.7. The van der Waals surface area contributed by atoms with Gasteiger partial charge in [0.1, 0.15) is 57.0 Å². The van der Waals surface area contributed by atoms with E-state index in [2.05, 4.69) is 36.6 Å². The van der Waals surface area contributed by atoms with Gasteiger partial charge in [0.05, 0.1) is 47.2 Å². The van der Waals surface area contributed by atoms with Crippen LogP contribution in [0.4, 0.5) is 0 Å². The van der Waals surface area contributed by atoms with Gasteiger partial charge in [-0.3, -0.25) is 33.4 Å². The molecule has 0 spiro atoms. The Morgan fingerprint density at radius 2 is 0.798 bits per heavy atom. The van der Waals surface area contributed by atoms with Crippen LogP contribution in [0, 0.1) is 0 Å². The minimum atomic E-state index is -1.23. The molecular formula is C82H71N9O18. The lowest BCUT2D eigenvalue weighted by molar-refractivity contribution is 0.0686. The van der Waals surface area contributed by atoms with E-state index < -0.39 is 35.3 Å². The Labute approximate surface area is 619 Å². The van der Waals surface area contributed by atoms with Crippen molar-refractivity contribution in [3.8, 4) is 84.6 Å². The number of carboxylic acids is 3. The highest BCUT2D eigenvalue weighted by Crippen LogP contribution is 2.46. The summed E-state index contributed by atoms with van der Waals surface area (Å²) in [6.45, 7) is 18.3. The molecule has 0 saturated heterocycles. The summed E-state index contributed by atoms with van der Waals surface area (Å²) in [7, 11) is 0. The van der Waals surface area contributed by atoms with Crippen LogP contribution in [0.3, 0.4) is 0 Å². The summed E-state index contributed by atoms with van der Waals surface area (Å²) in [5, 5.41) is 86.4. The molecule has 2 aromatic heterocycles. The van der Waals surface area contributed by atoms with E-state index in [-0.39, 0.29) is 125 Å². The van der Waals surface area contributed by atoms with E-state index in [1.165, 1.54) is 97.1 Å². The van der Waals surface area contributed by atoms with Crippen LogP contribution in [0.15, 0.2) is 204 Å². The van der Waals surface area contributed by atoms with E-state index in [1.807, 2.05) is 68.5 Å². The molecule has 8 aromatic rings. The standard InChI is InChI=1S/C29H26N4O6.C28H24N4O6.C25H21NO6/c1-29(2,3)25-15-33(32-31-25)11-10-30-27(36)16-4-7-19(22(12-16)28(37)38)26-20-8-5-17(34)13-23(20)39-24-14-18(35)6-9-21(24)26;1-28(2,3)32-14-16(30-31-32)13-29-26(35)15-4-7-19(22(10-15)27(36)37)25-20-8-5-17(33)11-23(20)38-24-12-18(34)6-9-21(24)25;1-25(2,3)26-23(29)13-4-7-16(19(10-13)24(30)31)22-17-8-5-14(27)11-20(17)32-21-12-15(28)6-9-18(21)22/h4-9,12-15,34H,10-11H2,1-3H3,(H,30,36)(H,37,38);4-12,14,33H,13H2,1-3H3,(H,29,35)(H,36,37);4-12,27H,1-3H3,(H,26,29)(H,30,31). The smallest absolute Gasteiger partial charge is 0.336 e. The molecule has 3 amide bonds. The largest absolute Gasteiger partial charge is 0.508 e. The number of aromatic hydroxyl groups is 3. The third-order valence-corrected chi connectivity index (χ3v) is 17.5. The zero-order chi connectivity index (χ0) is 78.3. The summed E-state index contributed by atoms with van der Waals surface area (Å²) < 4.78 is 20.9. The van der Waals surface area contributed by atoms with Crippen molar-refractivity contribution in [3.63, 3.8) is 0 Å². The van der Waals surface area contributed by atoms with Crippen molar-refractivity contribution in [2.75, 3.05) is 6.54 Å². The van der Waals surface area contributed by atoms with E-state index in [0.29, 0.717) is 84.1 Å². The second-order valence-electron chi connectivity index (χ2n) is 28.7. The van der Waals surface area contributed by atoms with Crippen molar-refractivity contribution in [2.24, 2.45) is 0 Å². The van der Waals surface area contributed by atoms with Gasteiger partial charge in [0.15, 0.2) is 16.3 Å². The third kappa shape index (κ3) is 16.2. The minimum absolute atomic E-state index is 0.0301. The zero-order valence-corrected chi connectivity index (χ0v) is 60.1. The van der Waals surface area contributed by atoms with Gasteiger partial charge in [-0.25, -0.2) is 19.1 Å². The number of amides is 3. The van der Waals surface area contributed by atoms with Crippen LogP contribution in [0.1, 0.15) is 136 Å². The van der Waals surface area contributed by atoms with Crippen molar-refractivity contribution < 1.29 is 72.7 Å². The number of benzene rings is 9. The molecule has 0 bridgehead atoms. The Bertz CT molecular complexity index is 6080. The van der Waals surface area contributed by atoms with Crippen LogP contribution in [0.2, 0.25) is 0 Å². The SMILES string of the molecule is CC(C)(C)NC(=O)c1ccc(-c2c3ccc(=O)cc-3oc3cc(O)ccc23)c(C(=O)O)c1.CC(C)(C)c1cn(CCNC(=O)c2ccc(-c3c4ccc(=O)cc-4oc4cc(O)ccc34)c(C(=O)O)c2)nn1.CC(C)(C)n1cc(CNC(=O)c2ccc(-c3c4ccc(=O)cc-4oc4cc(O)ccc34)c(C(=O)O)c2)nn1. The molecule has 6 aromatic carbocycles. The van der Waals surface area contributed by atoms with E-state index >= 15 is 0 Å². The Hall–Kier alpha value is -14.1. The quantitative estimate of drug-likeness (QED) is 0.0457. The predicted molar refractivity (Wildman–Crippen MR) is 404 cm³/mol. The van der Waals surface area contributed by atoms with Gasteiger partial charge < -0.3 is 59.8 Å². The molecule has 14 rings (SSSR count). The maximum absolute atomic E-state index is 12.9. The lowest BCUT2D eigenvalue weighted by Gasteiger charge is -2.21. The number of aromatic carboxylic acids is 3. The van der Waals surface area contributed by atoms with Crippen molar-refractivity contribution >= 4 is 68.5 Å². The fourth-order valence-electron chi connectivity index (χ4n) is 12.2. The van der Waals surface area contributed by atoms with Gasteiger partial charge in [-0.05, 0) is 167 Å². The van der Waals surface area contributed by atoms with E-state index in [4.69, 9.17) is 13.3 Å². The number of carbonyl (C=O) groups is 6. The van der Waals surface area contributed by atoms with Gasteiger partial charge in [0, 0.05) is 126 Å². The molecule has 0 fully saturated rings. The molecule has 5 heterocycles. The molecule has 3 aliphatic heterocycles. The maximum Gasteiger partial charge on any atom is 0.336 e. The molecule has 0 atom stereocenters. The Kier molecular flexibility index (Phi) is 20.1. The van der Waals surface area contributed by atoms with Crippen LogP contribution < -0.4 is 32.2 Å². The molecule has 552 valence electrons. The molecule has 0 saturated carbocycles. The molecule has 27 heteroatoms. The second kappa shape index (κ2) is 29.4. The van der Waals surface area contributed by atoms with Crippen molar-refractivity contribution in [2.45, 2.75) is 91.9 Å². The summed E-state index contributed by atoms with van der Waals surface area (Å²) in [6.07, 6.45) is 3.58. The van der Waals surface area contributed by atoms with Crippen LogP contribution in [-0.2, 0) is 24.0 Å². The average molecular weight is 1470 g/mol. The Balaban J connectivity index is 0.000000153. The number of hydrogen-bond acceptors (Lipinski definition) is 19. The van der Waals surface area contributed by atoms with E-state index in [0.717, 1.165) is 5.69 Å². The number of fused-ring (bicyclic) bond motifs is 6. The third-order valence-electron chi connectivity index (χ3n) is 17.5. The Morgan fingerprint density at radius 1 is 0.422 bits per heavy atom. The van der Waals surface area contributed by atoms with Gasteiger partial charge in [0.25, 0.3) is 17.7 Å². The molecule has 0 radical (unpaired) electrons. The number of hydrogen-bond donors (Lipinski definition) is 9. The minimum Gasteiger partial charge on any atom is -0.508 e. The number of rotatable bonds is 14. The van der Waals surface area contributed by atoms with E-state index in [9.17, 15) is 73.8 Å². The molecule has 9 N–H and O–H groups in total. The highest BCUT2D eigenvalue weighted by molar-refractivity contribution is 6.12.